The lowest BCUT2D eigenvalue weighted by Gasteiger charge is -2.21. The Morgan fingerprint density at radius 3 is 0.738 bits per heavy atom. The topological polar surface area (TPSA) is 237 Å². The number of esters is 4. The Morgan fingerprint density at radius 1 is 0.282 bits per heavy atom. The van der Waals surface area contributed by atoms with Crippen LogP contribution >= 0.6 is 15.6 Å². The van der Waals surface area contributed by atoms with Crippen molar-refractivity contribution < 1.29 is 80.2 Å². The maximum atomic E-state index is 13.1. The Hall–Kier alpha value is -1.94. The Bertz CT molecular complexity index is 1990. The minimum atomic E-state index is -4.96. The van der Waals surface area contributed by atoms with E-state index < -0.39 is 97.5 Å². The molecule has 0 bridgehead atoms. The number of hydrogen-bond donors (Lipinski definition) is 3. The predicted molar refractivity (Wildman–Crippen MR) is 423 cm³/mol. The monoisotopic (exact) mass is 1510 g/mol. The molecule has 0 saturated heterocycles. The van der Waals surface area contributed by atoms with Crippen LogP contribution in [0.1, 0.15) is 440 Å². The van der Waals surface area contributed by atoms with Gasteiger partial charge in [0, 0.05) is 25.7 Å². The number of carbonyl (C=O) groups excluding carboxylic acids is 4. The second kappa shape index (κ2) is 74.2. The molecule has 0 aliphatic carbocycles. The molecule has 0 radical (unpaired) electrons. The number of phosphoric acid groups is 2. The van der Waals surface area contributed by atoms with Crippen molar-refractivity contribution >= 4 is 39.5 Å². The van der Waals surface area contributed by atoms with Crippen molar-refractivity contribution in [3.8, 4) is 0 Å². The van der Waals surface area contributed by atoms with Gasteiger partial charge in [0.05, 0.1) is 26.4 Å². The first-order valence-corrected chi connectivity index (χ1v) is 46.4. The smallest absolute Gasteiger partial charge is 0.462 e. The van der Waals surface area contributed by atoms with E-state index in [0.29, 0.717) is 25.7 Å². The van der Waals surface area contributed by atoms with Crippen molar-refractivity contribution in [1.82, 2.24) is 0 Å². The number of ether oxygens (including phenoxy) is 4. The molecule has 0 spiro atoms. The van der Waals surface area contributed by atoms with Gasteiger partial charge in [0.25, 0.3) is 0 Å². The van der Waals surface area contributed by atoms with Crippen LogP contribution in [0, 0.1) is 17.8 Å². The highest BCUT2D eigenvalue weighted by atomic mass is 31.2. The summed E-state index contributed by atoms with van der Waals surface area (Å²) in [7, 11) is -9.93. The molecule has 0 aliphatic heterocycles. The molecule has 0 aromatic heterocycles. The number of unbranched alkanes of at least 4 members (excludes halogenated alkanes) is 49. The number of aliphatic hydroxyl groups excluding tert-OH is 1. The molecule has 612 valence electrons. The third-order valence-electron chi connectivity index (χ3n) is 20.0. The number of aliphatic hydroxyl groups is 1. The molecule has 17 nitrogen and oxygen atoms in total. The van der Waals surface area contributed by atoms with Crippen LogP contribution in [0.4, 0.5) is 0 Å². The van der Waals surface area contributed by atoms with Gasteiger partial charge < -0.3 is 33.8 Å². The van der Waals surface area contributed by atoms with Gasteiger partial charge in [-0.2, -0.15) is 0 Å². The van der Waals surface area contributed by atoms with E-state index in [1.54, 1.807) is 0 Å². The van der Waals surface area contributed by atoms with Gasteiger partial charge in [-0.25, -0.2) is 9.13 Å². The first-order valence-electron chi connectivity index (χ1n) is 43.4. The highest BCUT2D eigenvalue weighted by molar-refractivity contribution is 7.47. The summed E-state index contributed by atoms with van der Waals surface area (Å²) < 4.78 is 68.8. The summed E-state index contributed by atoms with van der Waals surface area (Å²) in [6.45, 7) is 12.0. The average Bonchev–Trinajstić information content (AvgIpc) is 0.907. The summed E-state index contributed by atoms with van der Waals surface area (Å²) in [6.07, 6.45) is 63.7. The Morgan fingerprint density at radius 2 is 0.495 bits per heavy atom. The summed E-state index contributed by atoms with van der Waals surface area (Å²) in [4.78, 5) is 73.2. The minimum absolute atomic E-state index is 0.107. The van der Waals surface area contributed by atoms with Gasteiger partial charge in [0.2, 0.25) is 0 Å². The number of rotatable bonds is 82. The van der Waals surface area contributed by atoms with Crippen LogP contribution in [-0.2, 0) is 65.4 Å². The normalized spacial score (nSPS) is 14.2. The Kier molecular flexibility index (Phi) is 72.8. The quantitative estimate of drug-likeness (QED) is 0.0222. The van der Waals surface area contributed by atoms with E-state index >= 15 is 0 Å². The second-order valence-electron chi connectivity index (χ2n) is 31.4. The van der Waals surface area contributed by atoms with Gasteiger partial charge in [0.1, 0.15) is 19.3 Å². The molecule has 0 fully saturated rings. The molecule has 0 rings (SSSR count). The van der Waals surface area contributed by atoms with Gasteiger partial charge >= 0.3 is 39.5 Å². The molecule has 19 heteroatoms. The minimum Gasteiger partial charge on any atom is -0.462 e. The molecular formula is C84H164O17P2. The number of hydrogen-bond acceptors (Lipinski definition) is 15. The summed E-state index contributed by atoms with van der Waals surface area (Å²) in [5.74, 6) is 0.283. The van der Waals surface area contributed by atoms with Crippen molar-refractivity contribution in [3.63, 3.8) is 0 Å². The van der Waals surface area contributed by atoms with E-state index in [1.807, 2.05) is 0 Å². The maximum Gasteiger partial charge on any atom is 0.472 e. The van der Waals surface area contributed by atoms with Crippen LogP contribution < -0.4 is 0 Å². The fourth-order valence-electron chi connectivity index (χ4n) is 13.0. The van der Waals surface area contributed by atoms with E-state index in [4.69, 9.17) is 37.0 Å². The summed E-state index contributed by atoms with van der Waals surface area (Å²) >= 11 is 0. The third kappa shape index (κ3) is 76.6. The van der Waals surface area contributed by atoms with Gasteiger partial charge in [-0.15, -0.1) is 0 Å². The zero-order chi connectivity index (χ0) is 75.8. The van der Waals surface area contributed by atoms with Gasteiger partial charge in [0.15, 0.2) is 12.2 Å². The first kappa shape index (κ1) is 101. The largest absolute Gasteiger partial charge is 0.472 e. The van der Waals surface area contributed by atoms with E-state index in [0.717, 1.165) is 108 Å². The van der Waals surface area contributed by atoms with Crippen LogP contribution in [0.5, 0.6) is 0 Å². The van der Waals surface area contributed by atoms with E-state index in [1.165, 1.54) is 250 Å². The standard InChI is InChI=1S/C84H164O17P2/c1-8-10-11-12-13-14-15-16-26-32-37-46-53-60-67-83(88)101-80(72-95-82(87)66-59-52-45-40-39-43-50-57-64-77(7)9-2)74-99-103(92,93)97-70-78(85)69-96-102(90,91)98-73-79(71-94-81(86)65-58-51-44-36-31-28-23-25-30-35-42-49-56-63-76(5)6)100-84(89)68-61-54-47-38-33-27-22-20-18-17-19-21-24-29-34-41-48-55-62-75(3)4/h75-80,85H,8-74H2,1-7H3,(H,90,91)(H,92,93)/t77?,78-,79-,80-/m1/s1. The van der Waals surface area contributed by atoms with Crippen molar-refractivity contribution in [3.05, 3.63) is 0 Å². The lowest BCUT2D eigenvalue weighted by molar-refractivity contribution is -0.161. The molecule has 0 aromatic rings. The third-order valence-corrected chi connectivity index (χ3v) is 21.9. The maximum absolute atomic E-state index is 13.1. The molecule has 0 aromatic carbocycles. The van der Waals surface area contributed by atoms with Crippen molar-refractivity contribution in [2.45, 2.75) is 458 Å². The summed E-state index contributed by atoms with van der Waals surface area (Å²) in [5, 5.41) is 10.7. The van der Waals surface area contributed by atoms with Crippen LogP contribution in [-0.4, -0.2) is 96.7 Å². The average molecular weight is 1510 g/mol. The van der Waals surface area contributed by atoms with Crippen LogP contribution in [0.3, 0.4) is 0 Å². The molecule has 3 N–H and O–H groups in total. The fourth-order valence-corrected chi connectivity index (χ4v) is 14.6. The van der Waals surface area contributed by atoms with Crippen molar-refractivity contribution in [2.24, 2.45) is 17.8 Å². The number of phosphoric ester groups is 2. The van der Waals surface area contributed by atoms with Crippen LogP contribution in [0.2, 0.25) is 0 Å². The molecule has 0 aliphatic rings. The molecule has 6 atom stereocenters. The summed E-state index contributed by atoms with van der Waals surface area (Å²) in [5.41, 5.74) is 0. The first-order chi connectivity index (χ1) is 49.8. The van der Waals surface area contributed by atoms with E-state index in [9.17, 15) is 43.2 Å². The molecule has 0 amide bonds. The Labute approximate surface area is 632 Å². The second-order valence-corrected chi connectivity index (χ2v) is 34.3. The summed E-state index contributed by atoms with van der Waals surface area (Å²) in [6, 6.07) is 0. The van der Waals surface area contributed by atoms with E-state index in [2.05, 4.69) is 48.5 Å². The Balaban J connectivity index is 5.25. The van der Waals surface area contributed by atoms with Gasteiger partial charge in [-0.05, 0) is 43.4 Å². The highest BCUT2D eigenvalue weighted by Gasteiger charge is 2.30. The lowest BCUT2D eigenvalue weighted by Crippen LogP contribution is -2.30. The van der Waals surface area contributed by atoms with Crippen LogP contribution in [0.25, 0.3) is 0 Å². The zero-order valence-corrected chi connectivity index (χ0v) is 69.6. The van der Waals surface area contributed by atoms with Crippen molar-refractivity contribution in [1.29, 1.82) is 0 Å². The SMILES string of the molecule is CCCCCCCCCCCCCCCCC(=O)O[C@H](COC(=O)CCCCCCCCCCC(C)CC)COP(=O)(O)OC[C@H](O)COP(=O)(O)OC[C@@H](COC(=O)CCCCCCCCCCCCCCCC(C)C)OC(=O)CCCCCCCCCCCCCCCCCCCCC(C)C. The molecule has 0 saturated carbocycles. The lowest BCUT2D eigenvalue weighted by atomic mass is 9.99. The van der Waals surface area contributed by atoms with Gasteiger partial charge in [-0.1, -0.05) is 389 Å². The zero-order valence-electron chi connectivity index (χ0n) is 67.8. The predicted octanol–water partition coefficient (Wildman–Crippen LogP) is 25.3. The van der Waals surface area contributed by atoms with Crippen LogP contribution in [0.15, 0.2) is 0 Å². The highest BCUT2D eigenvalue weighted by Crippen LogP contribution is 2.45. The van der Waals surface area contributed by atoms with E-state index in [-0.39, 0.29) is 25.7 Å². The molecule has 0 heterocycles. The van der Waals surface area contributed by atoms with Crippen molar-refractivity contribution in [2.75, 3.05) is 39.6 Å². The number of carbonyl (C=O) groups is 4. The van der Waals surface area contributed by atoms with Gasteiger partial charge in [-0.3, -0.25) is 37.3 Å². The fraction of sp³-hybridized carbons (Fsp3) is 0.952. The molecule has 3 unspecified atom stereocenters. The molecule has 103 heavy (non-hydrogen) atoms. The molecular weight excluding hydrogens is 1340 g/mol.